The Morgan fingerprint density at radius 2 is 1.79 bits per heavy atom. The molecular formula is C27H31N3OS2. The van der Waals surface area contributed by atoms with Gasteiger partial charge in [0.05, 0.1) is 23.8 Å². The highest BCUT2D eigenvalue weighted by Gasteiger charge is 2.10. The van der Waals surface area contributed by atoms with E-state index in [1.54, 1.807) is 18.9 Å². The van der Waals surface area contributed by atoms with Gasteiger partial charge in [-0.25, -0.2) is 4.98 Å². The standard InChI is InChI=1S/C27H31N3OS2/c1-19-8-10-21(11-9-19)7-5-4-6-16-32-26-14-15-28-25(20(26)2)18-33-27-29-23-13-12-22(31-3)17-24(23)30-27/h8-15,17H,4-7,16,18H2,1-3H3,(H,29,30). The summed E-state index contributed by atoms with van der Waals surface area (Å²) >= 11 is 3.64. The number of ether oxygens (including phenoxy) is 1. The molecule has 0 saturated heterocycles. The summed E-state index contributed by atoms with van der Waals surface area (Å²) in [5.74, 6) is 2.78. The van der Waals surface area contributed by atoms with Gasteiger partial charge in [-0.05, 0) is 68.2 Å². The van der Waals surface area contributed by atoms with E-state index in [9.17, 15) is 0 Å². The van der Waals surface area contributed by atoms with Crippen molar-refractivity contribution in [2.45, 2.75) is 55.3 Å². The molecule has 0 unspecified atom stereocenters. The Morgan fingerprint density at radius 3 is 2.61 bits per heavy atom. The largest absolute Gasteiger partial charge is 0.497 e. The summed E-state index contributed by atoms with van der Waals surface area (Å²) < 4.78 is 5.30. The number of fused-ring (bicyclic) bond motifs is 1. The predicted octanol–water partition coefficient (Wildman–Crippen LogP) is 7.38. The lowest BCUT2D eigenvalue weighted by molar-refractivity contribution is 0.415. The number of unbranched alkanes of at least 4 members (excludes halogenated alkanes) is 2. The van der Waals surface area contributed by atoms with E-state index in [1.807, 2.05) is 36.2 Å². The lowest BCUT2D eigenvalue weighted by Gasteiger charge is -2.09. The number of aryl methyl sites for hydroxylation is 2. The van der Waals surface area contributed by atoms with Crippen LogP contribution in [0.15, 0.2) is 64.8 Å². The van der Waals surface area contributed by atoms with Gasteiger partial charge in [0.25, 0.3) is 0 Å². The van der Waals surface area contributed by atoms with Crippen molar-refractivity contribution >= 4 is 34.6 Å². The molecule has 4 aromatic rings. The molecule has 0 saturated carbocycles. The fourth-order valence-corrected chi connectivity index (χ4v) is 5.67. The highest BCUT2D eigenvalue weighted by molar-refractivity contribution is 7.99. The third kappa shape index (κ3) is 6.55. The van der Waals surface area contributed by atoms with Crippen LogP contribution >= 0.6 is 23.5 Å². The molecule has 172 valence electrons. The smallest absolute Gasteiger partial charge is 0.166 e. The van der Waals surface area contributed by atoms with Crippen molar-refractivity contribution in [3.8, 4) is 5.75 Å². The van der Waals surface area contributed by atoms with Crippen molar-refractivity contribution in [3.05, 3.63) is 77.1 Å². The SMILES string of the molecule is COc1ccc2nc(SCc3nccc(SCCCCCc4ccc(C)cc4)c3C)[nH]c2c1. The van der Waals surface area contributed by atoms with Gasteiger partial charge in [0.1, 0.15) is 5.75 Å². The normalized spacial score (nSPS) is 11.2. The number of nitrogens with one attached hydrogen (secondary N) is 1. The van der Waals surface area contributed by atoms with E-state index in [4.69, 9.17) is 4.74 Å². The Bertz CT molecular complexity index is 1190. The second kappa shape index (κ2) is 11.6. The molecule has 2 aromatic carbocycles. The van der Waals surface area contributed by atoms with E-state index in [1.165, 1.54) is 47.3 Å². The summed E-state index contributed by atoms with van der Waals surface area (Å²) in [6.07, 6.45) is 6.88. The van der Waals surface area contributed by atoms with Crippen LogP contribution in [0.4, 0.5) is 0 Å². The van der Waals surface area contributed by atoms with Gasteiger partial charge in [0.15, 0.2) is 5.16 Å². The summed E-state index contributed by atoms with van der Waals surface area (Å²) in [4.78, 5) is 14.0. The quantitative estimate of drug-likeness (QED) is 0.180. The maximum Gasteiger partial charge on any atom is 0.166 e. The van der Waals surface area contributed by atoms with Gasteiger partial charge in [-0.1, -0.05) is 48.0 Å². The molecule has 4 rings (SSSR count). The fourth-order valence-electron chi connectivity index (χ4n) is 3.70. The molecule has 2 aromatic heterocycles. The molecule has 0 amide bonds. The van der Waals surface area contributed by atoms with Gasteiger partial charge in [-0.3, -0.25) is 4.98 Å². The Morgan fingerprint density at radius 1 is 0.939 bits per heavy atom. The molecule has 6 heteroatoms. The summed E-state index contributed by atoms with van der Waals surface area (Å²) in [6.45, 7) is 4.33. The molecule has 2 heterocycles. The van der Waals surface area contributed by atoms with Gasteiger partial charge in [0.2, 0.25) is 0 Å². The first kappa shape index (κ1) is 23.7. The number of methoxy groups -OCH3 is 1. The molecule has 0 spiro atoms. The van der Waals surface area contributed by atoms with Crippen LogP contribution in [-0.2, 0) is 12.2 Å². The predicted molar refractivity (Wildman–Crippen MR) is 141 cm³/mol. The molecule has 0 fully saturated rings. The van der Waals surface area contributed by atoms with Crippen LogP contribution in [0.5, 0.6) is 5.75 Å². The van der Waals surface area contributed by atoms with E-state index in [2.05, 4.69) is 59.1 Å². The highest BCUT2D eigenvalue weighted by atomic mass is 32.2. The van der Waals surface area contributed by atoms with Crippen LogP contribution in [0.1, 0.15) is 41.6 Å². The third-order valence-electron chi connectivity index (χ3n) is 5.76. The molecule has 0 aliphatic heterocycles. The summed E-state index contributed by atoms with van der Waals surface area (Å²) in [5, 5.41) is 0.908. The molecule has 0 bridgehead atoms. The first-order valence-corrected chi connectivity index (χ1v) is 13.4. The van der Waals surface area contributed by atoms with Crippen LogP contribution in [0.3, 0.4) is 0 Å². The fraction of sp³-hybridized carbons (Fsp3) is 0.333. The molecule has 0 aliphatic carbocycles. The lowest BCUT2D eigenvalue weighted by Crippen LogP contribution is -1.95. The Labute approximate surface area is 205 Å². The van der Waals surface area contributed by atoms with Crippen molar-refractivity contribution in [3.63, 3.8) is 0 Å². The number of benzene rings is 2. The van der Waals surface area contributed by atoms with Crippen molar-refractivity contribution in [1.82, 2.24) is 15.0 Å². The van der Waals surface area contributed by atoms with Crippen molar-refractivity contribution < 1.29 is 4.74 Å². The van der Waals surface area contributed by atoms with Gasteiger partial charge >= 0.3 is 0 Å². The van der Waals surface area contributed by atoms with Crippen molar-refractivity contribution in [2.24, 2.45) is 0 Å². The number of thioether (sulfide) groups is 2. The number of imidazole rings is 1. The van der Waals surface area contributed by atoms with Gasteiger partial charge in [-0.15, -0.1) is 11.8 Å². The molecule has 1 N–H and O–H groups in total. The van der Waals surface area contributed by atoms with Crippen LogP contribution in [0.2, 0.25) is 0 Å². The summed E-state index contributed by atoms with van der Waals surface area (Å²) in [7, 11) is 1.68. The van der Waals surface area contributed by atoms with Gasteiger partial charge < -0.3 is 9.72 Å². The Balaban J connectivity index is 1.24. The number of nitrogens with zero attached hydrogens (tertiary/aromatic N) is 2. The molecule has 0 atom stereocenters. The Hall–Kier alpha value is -2.44. The van der Waals surface area contributed by atoms with Gasteiger partial charge in [-0.2, -0.15) is 0 Å². The minimum absolute atomic E-state index is 0.799. The second-order valence-electron chi connectivity index (χ2n) is 8.24. The van der Waals surface area contributed by atoms with Crippen LogP contribution in [0, 0.1) is 13.8 Å². The van der Waals surface area contributed by atoms with Crippen LogP contribution < -0.4 is 4.74 Å². The molecule has 0 radical (unpaired) electrons. The summed E-state index contributed by atoms with van der Waals surface area (Å²) in [6, 6.07) is 17.0. The van der Waals surface area contributed by atoms with Crippen LogP contribution in [-0.4, -0.2) is 27.8 Å². The average molecular weight is 478 g/mol. The average Bonchev–Trinajstić information content (AvgIpc) is 3.24. The maximum atomic E-state index is 5.30. The highest BCUT2D eigenvalue weighted by Crippen LogP contribution is 2.29. The zero-order chi connectivity index (χ0) is 23.0. The monoisotopic (exact) mass is 477 g/mol. The maximum absolute atomic E-state index is 5.30. The zero-order valence-electron chi connectivity index (χ0n) is 19.6. The van der Waals surface area contributed by atoms with E-state index in [0.29, 0.717) is 0 Å². The molecule has 4 nitrogen and oxygen atoms in total. The van der Waals surface area contributed by atoms with E-state index in [0.717, 1.165) is 39.1 Å². The number of rotatable bonds is 11. The third-order valence-corrected chi connectivity index (χ3v) is 7.89. The first-order valence-electron chi connectivity index (χ1n) is 11.4. The number of pyridine rings is 1. The zero-order valence-corrected chi connectivity index (χ0v) is 21.2. The number of hydrogen-bond donors (Lipinski definition) is 1. The van der Waals surface area contributed by atoms with E-state index < -0.39 is 0 Å². The number of hydrogen-bond acceptors (Lipinski definition) is 5. The molecule has 0 aliphatic rings. The molecular weight excluding hydrogens is 446 g/mol. The van der Waals surface area contributed by atoms with Crippen molar-refractivity contribution in [2.75, 3.05) is 12.9 Å². The Kier molecular flexibility index (Phi) is 8.35. The minimum atomic E-state index is 0.799. The second-order valence-corrected chi connectivity index (χ2v) is 10.3. The van der Waals surface area contributed by atoms with Crippen molar-refractivity contribution in [1.29, 1.82) is 0 Å². The number of aromatic nitrogens is 3. The molecule has 33 heavy (non-hydrogen) atoms. The number of H-pyrrole nitrogens is 1. The topological polar surface area (TPSA) is 50.8 Å². The van der Waals surface area contributed by atoms with E-state index in [-0.39, 0.29) is 0 Å². The lowest BCUT2D eigenvalue weighted by atomic mass is 10.1. The number of aromatic amines is 1. The summed E-state index contributed by atoms with van der Waals surface area (Å²) in [5.41, 5.74) is 7.14. The van der Waals surface area contributed by atoms with Crippen LogP contribution in [0.25, 0.3) is 11.0 Å². The first-order chi connectivity index (χ1) is 16.1. The van der Waals surface area contributed by atoms with E-state index >= 15 is 0 Å². The minimum Gasteiger partial charge on any atom is -0.497 e. The van der Waals surface area contributed by atoms with Gasteiger partial charge in [0, 0.05) is 22.9 Å².